The second-order valence-electron chi connectivity index (χ2n) is 2.39. The molecule has 1 N–H and O–H groups in total. The van der Waals surface area contributed by atoms with Crippen LogP contribution in [0.2, 0.25) is 0 Å². The normalized spacial score (nSPS) is 29.2. The largest absolute Gasteiger partial charge is 0.478 e. The summed E-state index contributed by atoms with van der Waals surface area (Å²) in [5.74, 6) is -1.18. The van der Waals surface area contributed by atoms with Gasteiger partial charge in [0.1, 0.15) is 0 Å². The molecule has 0 saturated heterocycles. The molecule has 0 bridgehead atoms. The number of hydrogen-bond acceptors (Lipinski definition) is 1. The third kappa shape index (κ3) is 1.79. The second kappa shape index (κ2) is 3.07. The summed E-state index contributed by atoms with van der Waals surface area (Å²) in [6, 6.07) is 0. The molecule has 0 aliphatic heterocycles. The van der Waals surface area contributed by atoms with E-state index in [1.54, 1.807) is 0 Å². The first kappa shape index (κ1) is 9.55. The smallest absolute Gasteiger partial charge is 0.331 e. The van der Waals surface area contributed by atoms with Crippen LogP contribution < -0.4 is 0 Å². The van der Waals surface area contributed by atoms with Gasteiger partial charge < -0.3 is 5.11 Å². The summed E-state index contributed by atoms with van der Waals surface area (Å²) in [4.78, 5) is 10.4. The first-order valence-corrected chi connectivity index (χ1v) is 3.87. The van der Waals surface area contributed by atoms with Gasteiger partial charge in [-0.15, -0.1) is 0 Å². The lowest BCUT2D eigenvalue weighted by Crippen LogP contribution is -2.21. The molecule has 0 amide bonds. The fourth-order valence-electron chi connectivity index (χ4n) is 0.825. The zero-order valence-electron chi connectivity index (χ0n) is 5.85. The van der Waals surface area contributed by atoms with Gasteiger partial charge in [0.05, 0.1) is 5.03 Å². The standard InChI is InChI=1S/C7H5Cl2FO2/c8-5-2-1-4(6(11)12)3-7(5,9)10/h1-2H,3H2,(H,11,12). The minimum Gasteiger partial charge on any atom is -0.478 e. The zero-order valence-corrected chi connectivity index (χ0v) is 7.36. The van der Waals surface area contributed by atoms with E-state index in [0.29, 0.717) is 0 Å². The Morgan fingerprint density at radius 3 is 2.67 bits per heavy atom. The van der Waals surface area contributed by atoms with Crippen LogP contribution in [0, 0.1) is 0 Å². The van der Waals surface area contributed by atoms with Crippen LogP contribution in [0.25, 0.3) is 0 Å². The van der Waals surface area contributed by atoms with Crippen molar-refractivity contribution in [3.63, 3.8) is 0 Å². The van der Waals surface area contributed by atoms with Gasteiger partial charge >= 0.3 is 5.97 Å². The summed E-state index contributed by atoms with van der Waals surface area (Å²) in [6.45, 7) is 0. The van der Waals surface area contributed by atoms with E-state index >= 15 is 0 Å². The van der Waals surface area contributed by atoms with Gasteiger partial charge in [0.25, 0.3) is 0 Å². The maximum absolute atomic E-state index is 13.1. The molecule has 0 aromatic heterocycles. The van der Waals surface area contributed by atoms with Gasteiger partial charge in [0, 0.05) is 12.0 Å². The third-order valence-corrected chi connectivity index (χ3v) is 2.33. The molecule has 12 heavy (non-hydrogen) atoms. The van der Waals surface area contributed by atoms with E-state index in [2.05, 4.69) is 0 Å². The van der Waals surface area contributed by atoms with Gasteiger partial charge in [-0.05, 0) is 6.08 Å². The van der Waals surface area contributed by atoms with E-state index in [1.807, 2.05) is 0 Å². The van der Waals surface area contributed by atoms with Crippen LogP contribution in [0.3, 0.4) is 0 Å². The van der Waals surface area contributed by atoms with Crippen molar-refractivity contribution in [3.05, 3.63) is 22.8 Å². The molecule has 66 valence electrons. The molecule has 0 saturated carbocycles. The Kier molecular flexibility index (Phi) is 2.44. The number of carboxylic acid groups (broad SMARTS) is 1. The molecular formula is C7H5Cl2FO2. The summed E-state index contributed by atoms with van der Waals surface area (Å²) in [5.41, 5.74) is -0.0862. The van der Waals surface area contributed by atoms with Crippen LogP contribution >= 0.6 is 23.2 Å². The second-order valence-corrected chi connectivity index (χ2v) is 3.40. The molecule has 0 aromatic carbocycles. The minimum absolute atomic E-state index is 0.0862. The molecule has 5 heteroatoms. The molecular weight excluding hydrogens is 206 g/mol. The first-order valence-electron chi connectivity index (χ1n) is 3.11. The fraction of sp³-hybridized carbons (Fsp3) is 0.286. The molecule has 0 aromatic rings. The third-order valence-electron chi connectivity index (χ3n) is 1.47. The zero-order chi connectivity index (χ0) is 9.35. The van der Waals surface area contributed by atoms with E-state index in [4.69, 9.17) is 28.3 Å². The number of carboxylic acids is 1. The van der Waals surface area contributed by atoms with E-state index in [-0.39, 0.29) is 10.6 Å². The molecule has 1 unspecified atom stereocenters. The molecule has 1 aliphatic carbocycles. The Labute approximate surface area is 78.3 Å². The summed E-state index contributed by atoms with van der Waals surface area (Å²) in [7, 11) is 0. The van der Waals surface area contributed by atoms with Gasteiger partial charge in [-0.3, -0.25) is 0 Å². The van der Waals surface area contributed by atoms with Gasteiger partial charge in [-0.1, -0.05) is 29.3 Å². The highest BCUT2D eigenvalue weighted by atomic mass is 35.5. The van der Waals surface area contributed by atoms with Gasteiger partial charge in [-0.25, -0.2) is 9.18 Å². The lowest BCUT2D eigenvalue weighted by Gasteiger charge is -2.20. The molecule has 0 fully saturated rings. The number of allylic oxidation sites excluding steroid dienone is 3. The van der Waals surface area contributed by atoms with Crippen molar-refractivity contribution in [2.24, 2.45) is 0 Å². The van der Waals surface area contributed by atoms with Gasteiger partial charge in [0.2, 0.25) is 5.13 Å². The molecule has 0 heterocycles. The number of alkyl halides is 2. The highest BCUT2D eigenvalue weighted by Gasteiger charge is 2.35. The molecule has 0 radical (unpaired) electrons. The van der Waals surface area contributed by atoms with Crippen LogP contribution in [-0.2, 0) is 4.79 Å². The SMILES string of the molecule is O=C(O)C1=CC=C(Cl)C(F)(Cl)C1. The average molecular weight is 211 g/mol. The van der Waals surface area contributed by atoms with E-state index in [0.717, 1.165) is 6.08 Å². The fourth-order valence-corrected chi connectivity index (χ4v) is 1.16. The number of hydrogen-bond donors (Lipinski definition) is 1. The number of aliphatic carboxylic acids is 1. The predicted octanol–water partition coefficient (Wildman–Crippen LogP) is 2.43. The summed E-state index contributed by atoms with van der Waals surface area (Å²) < 4.78 is 13.1. The number of halogens is 3. The lowest BCUT2D eigenvalue weighted by atomic mass is 10.0. The maximum Gasteiger partial charge on any atom is 0.331 e. The van der Waals surface area contributed by atoms with Crippen LogP contribution in [0.5, 0.6) is 0 Å². The van der Waals surface area contributed by atoms with Gasteiger partial charge in [-0.2, -0.15) is 0 Å². The number of rotatable bonds is 1. The Bertz CT molecular complexity index is 281. The van der Waals surface area contributed by atoms with Crippen molar-refractivity contribution in [3.8, 4) is 0 Å². The van der Waals surface area contributed by atoms with Crippen LogP contribution in [-0.4, -0.2) is 16.2 Å². The monoisotopic (exact) mass is 210 g/mol. The van der Waals surface area contributed by atoms with E-state index in [1.165, 1.54) is 6.08 Å². The van der Waals surface area contributed by atoms with E-state index in [9.17, 15) is 9.18 Å². The quantitative estimate of drug-likeness (QED) is 0.676. The van der Waals surface area contributed by atoms with Crippen LogP contribution in [0.15, 0.2) is 22.8 Å². The molecule has 1 rings (SSSR count). The highest BCUT2D eigenvalue weighted by Crippen LogP contribution is 2.38. The van der Waals surface area contributed by atoms with Crippen LogP contribution in [0.1, 0.15) is 6.42 Å². The predicted molar refractivity (Wildman–Crippen MR) is 44.0 cm³/mol. The minimum atomic E-state index is -2.26. The Balaban J connectivity index is 2.95. The van der Waals surface area contributed by atoms with Crippen molar-refractivity contribution in [1.29, 1.82) is 0 Å². The Morgan fingerprint density at radius 1 is 1.67 bits per heavy atom. The van der Waals surface area contributed by atoms with Crippen LogP contribution in [0.4, 0.5) is 4.39 Å². The van der Waals surface area contributed by atoms with Gasteiger partial charge in [0.15, 0.2) is 0 Å². The summed E-state index contributed by atoms with van der Waals surface area (Å²) in [5, 5.41) is 6.04. The van der Waals surface area contributed by atoms with Crippen molar-refractivity contribution < 1.29 is 14.3 Å². The number of carbonyl (C=O) groups is 1. The molecule has 0 spiro atoms. The highest BCUT2D eigenvalue weighted by molar-refractivity contribution is 6.39. The summed E-state index contributed by atoms with van der Waals surface area (Å²) >= 11 is 10.7. The Hall–Kier alpha value is -0.540. The Morgan fingerprint density at radius 2 is 2.25 bits per heavy atom. The average Bonchev–Trinajstić information content (AvgIpc) is 1.94. The van der Waals surface area contributed by atoms with Crippen molar-refractivity contribution in [1.82, 2.24) is 0 Å². The molecule has 1 aliphatic rings. The molecule has 1 atom stereocenters. The van der Waals surface area contributed by atoms with Crippen molar-refractivity contribution in [2.75, 3.05) is 0 Å². The molecule has 2 nitrogen and oxygen atoms in total. The summed E-state index contributed by atoms with van der Waals surface area (Å²) in [6.07, 6.45) is 1.99. The van der Waals surface area contributed by atoms with Crippen molar-refractivity contribution in [2.45, 2.75) is 11.5 Å². The lowest BCUT2D eigenvalue weighted by molar-refractivity contribution is -0.133. The maximum atomic E-state index is 13.1. The van der Waals surface area contributed by atoms with Crippen molar-refractivity contribution >= 4 is 29.2 Å². The topological polar surface area (TPSA) is 37.3 Å². The van der Waals surface area contributed by atoms with E-state index < -0.39 is 17.5 Å². The first-order chi connectivity index (χ1) is 5.43.